The van der Waals surface area contributed by atoms with Gasteiger partial charge in [0, 0.05) is 18.7 Å². The van der Waals surface area contributed by atoms with Gasteiger partial charge in [-0.3, -0.25) is 9.48 Å². The first-order valence-electron chi connectivity index (χ1n) is 6.14. The summed E-state index contributed by atoms with van der Waals surface area (Å²) in [5.74, 6) is -0.311. The molecule has 1 aromatic rings. The predicted octanol–water partition coefficient (Wildman–Crippen LogP) is 1.01. The summed E-state index contributed by atoms with van der Waals surface area (Å²) in [6, 6.07) is 1.37. The van der Waals surface area contributed by atoms with Crippen LogP contribution in [-0.4, -0.2) is 51.1 Å². The maximum absolute atomic E-state index is 13.3. The van der Waals surface area contributed by atoms with Gasteiger partial charge >= 0.3 is 0 Å². The standard InChI is InChI=1S/C12H18FN3O2/c1-8(2)16-4-3-11(14-16)12(18)15-6-9(13)5-10(15)7-17/h3-4,8-10,17H,5-7H2,1-2H3/t9-,10-/m0/s1. The van der Waals surface area contributed by atoms with E-state index in [-0.39, 0.29) is 31.5 Å². The molecular weight excluding hydrogens is 237 g/mol. The number of rotatable bonds is 3. The van der Waals surface area contributed by atoms with E-state index in [9.17, 15) is 9.18 Å². The molecule has 1 saturated heterocycles. The van der Waals surface area contributed by atoms with Crippen molar-refractivity contribution in [1.82, 2.24) is 14.7 Å². The molecule has 0 aromatic carbocycles. The smallest absolute Gasteiger partial charge is 0.274 e. The molecule has 2 rings (SSSR count). The molecule has 100 valence electrons. The van der Waals surface area contributed by atoms with Crippen molar-refractivity contribution in [2.24, 2.45) is 0 Å². The average molecular weight is 255 g/mol. The van der Waals surface area contributed by atoms with Gasteiger partial charge in [0.15, 0.2) is 0 Å². The normalized spacial score (nSPS) is 23.9. The molecule has 0 aliphatic carbocycles. The van der Waals surface area contributed by atoms with E-state index in [1.807, 2.05) is 13.8 Å². The molecule has 1 aromatic heterocycles. The maximum Gasteiger partial charge on any atom is 0.274 e. The fourth-order valence-corrected chi connectivity index (χ4v) is 2.17. The van der Waals surface area contributed by atoms with Crippen molar-refractivity contribution in [2.75, 3.05) is 13.2 Å². The number of aliphatic hydroxyl groups excluding tert-OH is 1. The zero-order valence-corrected chi connectivity index (χ0v) is 10.6. The fourth-order valence-electron chi connectivity index (χ4n) is 2.17. The van der Waals surface area contributed by atoms with Crippen molar-refractivity contribution < 1.29 is 14.3 Å². The zero-order valence-electron chi connectivity index (χ0n) is 10.6. The molecule has 0 radical (unpaired) electrons. The first-order chi connectivity index (χ1) is 8.52. The highest BCUT2D eigenvalue weighted by atomic mass is 19.1. The van der Waals surface area contributed by atoms with Crippen LogP contribution in [0.15, 0.2) is 12.3 Å². The monoisotopic (exact) mass is 255 g/mol. The van der Waals surface area contributed by atoms with Crippen LogP contribution in [0.1, 0.15) is 36.8 Å². The van der Waals surface area contributed by atoms with Crippen LogP contribution in [-0.2, 0) is 0 Å². The quantitative estimate of drug-likeness (QED) is 0.877. The summed E-state index contributed by atoms with van der Waals surface area (Å²) in [6.45, 7) is 3.76. The van der Waals surface area contributed by atoms with Crippen molar-refractivity contribution >= 4 is 5.91 Å². The molecular formula is C12H18FN3O2. The minimum absolute atomic E-state index is 0.0403. The number of carbonyl (C=O) groups excluding carboxylic acids is 1. The molecule has 2 heterocycles. The topological polar surface area (TPSA) is 58.4 Å². The van der Waals surface area contributed by atoms with Crippen LogP contribution >= 0.6 is 0 Å². The minimum atomic E-state index is -1.06. The summed E-state index contributed by atoms with van der Waals surface area (Å²) >= 11 is 0. The van der Waals surface area contributed by atoms with E-state index in [1.165, 1.54) is 4.90 Å². The summed E-state index contributed by atoms with van der Waals surface area (Å²) in [4.78, 5) is 13.5. The van der Waals surface area contributed by atoms with E-state index < -0.39 is 12.2 Å². The van der Waals surface area contributed by atoms with Gasteiger partial charge in [0.1, 0.15) is 11.9 Å². The number of alkyl halides is 1. The minimum Gasteiger partial charge on any atom is -0.394 e. The van der Waals surface area contributed by atoms with Gasteiger partial charge in [0.05, 0.1) is 19.2 Å². The summed E-state index contributed by atoms with van der Waals surface area (Å²) in [6.07, 6.45) is 0.875. The first kappa shape index (κ1) is 13.0. The van der Waals surface area contributed by atoms with Crippen molar-refractivity contribution in [2.45, 2.75) is 38.5 Å². The second-order valence-corrected chi connectivity index (χ2v) is 4.90. The summed E-state index contributed by atoms with van der Waals surface area (Å²) in [5.41, 5.74) is 0.302. The van der Waals surface area contributed by atoms with Gasteiger partial charge in [0.2, 0.25) is 0 Å². The Bertz CT molecular complexity index is 433. The van der Waals surface area contributed by atoms with E-state index in [4.69, 9.17) is 5.11 Å². The van der Waals surface area contributed by atoms with Gasteiger partial charge in [-0.15, -0.1) is 0 Å². The maximum atomic E-state index is 13.3. The molecule has 0 bridgehead atoms. The Morgan fingerprint density at radius 2 is 2.39 bits per heavy atom. The predicted molar refractivity (Wildman–Crippen MR) is 64.0 cm³/mol. The van der Waals surface area contributed by atoms with Crippen molar-refractivity contribution in [3.05, 3.63) is 18.0 Å². The SMILES string of the molecule is CC(C)n1ccc(C(=O)N2C[C@@H](F)C[C@H]2CO)n1. The second kappa shape index (κ2) is 5.06. The molecule has 1 amide bonds. The van der Waals surface area contributed by atoms with Gasteiger partial charge in [-0.1, -0.05) is 0 Å². The number of halogens is 1. The highest BCUT2D eigenvalue weighted by Crippen LogP contribution is 2.22. The van der Waals surface area contributed by atoms with E-state index in [2.05, 4.69) is 5.10 Å². The van der Waals surface area contributed by atoms with Crippen LogP contribution in [0.5, 0.6) is 0 Å². The molecule has 0 spiro atoms. The van der Waals surface area contributed by atoms with Gasteiger partial charge < -0.3 is 10.0 Å². The Morgan fingerprint density at radius 1 is 1.67 bits per heavy atom. The highest BCUT2D eigenvalue weighted by molar-refractivity contribution is 5.92. The zero-order chi connectivity index (χ0) is 13.3. The van der Waals surface area contributed by atoms with Crippen LogP contribution < -0.4 is 0 Å². The third-order valence-electron chi connectivity index (χ3n) is 3.19. The van der Waals surface area contributed by atoms with Gasteiger partial charge in [-0.25, -0.2) is 4.39 Å². The third kappa shape index (κ3) is 2.38. The van der Waals surface area contributed by atoms with Crippen molar-refractivity contribution in [3.8, 4) is 0 Å². The van der Waals surface area contributed by atoms with Crippen molar-refractivity contribution in [1.29, 1.82) is 0 Å². The molecule has 1 N–H and O–H groups in total. The third-order valence-corrected chi connectivity index (χ3v) is 3.19. The lowest BCUT2D eigenvalue weighted by Gasteiger charge is -2.21. The number of aliphatic hydroxyl groups is 1. The summed E-state index contributed by atoms with van der Waals surface area (Å²) in [5, 5.41) is 13.3. The average Bonchev–Trinajstić information content (AvgIpc) is 2.94. The largest absolute Gasteiger partial charge is 0.394 e. The number of carbonyl (C=O) groups is 1. The Balaban J connectivity index is 2.15. The lowest BCUT2D eigenvalue weighted by Crippen LogP contribution is -2.38. The van der Waals surface area contributed by atoms with Crippen LogP contribution in [0.2, 0.25) is 0 Å². The molecule has 1 aliphatic heterocycles. The molecule has 1 aliphatic rings. The van der Waals surface area contributed by atoms with Gasteiger partial charge in [-0.2, -0.15) is 5.10 Å². The van der Waals surface area contributed by atoms with E-state index in [1.54, 1.807) is 16.9 Å². The van der Waals surface area contributed by atoms with Crippen molar-refractivity contribution in [3.63, 3.8) is 0 Å². The van der Waals surface area contributed by atoms with E-state index >= 15 is 0 Å². The Labute approximate surface area is 105 Å². The molecule has 1 fully saturated rings. The Morgan fingerprint density at radius 3 is 2.94 bits per heavy atom. The number of amides is 1. The van der Waals surface area contributed by atoms with Crippen LogP contribution in [0.25, 0.3) is 0 Å². The first-order valence-corrected chi connectivity index (χ1v) is 6.14. The van der Waals surface area contributed by atoms with Crippen LogP contribution in [0, 0.1) is 0 Å². The molecule has 0 unspecified atom stereocenters. The highest BCUT2D eigenvalue weighted by Gasteiger charge is 2.36. The molecule has 5 nitrogen and oxygen atoms in total. The molecule has 6 heteroatoms. The lowest BCUT2D eigenvalue weighted by molar-refractivity contribution is 0.0666. The fraction of sp³-hybridized carbons (Fsp3) is 0.667. The number of nitrogens with zero attached hydrogens (tertiary/aromatic N) is 3. The summed E-state index contributed by atoms with van der Waals surface area (Å²) in [7, 11) is 0. The van der Waals surface area contributed by atoms with Gasteiger partial charge in [-0.05, 0) is 19.9 Å². The summed E-state index contributed by atoms with van der Waals surface area (Å²) < 4.78 is 15.0. The van der Waals surface area contributed by atoms with Crippen LogP contribution in [0.3, 0.4) is 0 Å². The van der Waals surface area contributed by atoms with E-state index in [0.29, 0.717) is 5.69 Å². The van der Waals surface area contributed by atoms with Crippen LogP contribution in [0.4, 0.5) is 4.39 Å². The lowest BCUT2D eigenvalue weighted by atomic mass is 10.2. The number of aromatic nitrogens is 2. The molecule has 0 saturated carbocycles. The number of hydrogen-bond donors (Lipinski definition) is 1. The van der Waals surface area contributed by atoms with E-state index in [0.717, 1.165) is 0 Å². The van der Waals surface area contributed by atoms with Gasteiger partial charge in [0.25, 0.3) is 5.91 Å². The number of hydrogen-bond acceptors (Lipinski definition) is 3. The second-order valence-electron chi connectivity index (χ2n) is 4.90. The Hall–Kier alpha value is -1.43. The Kier molecular flexibility index (Phi) is 3.65. The molecule has 18 heavy (non-hydrogen) atoms. The number of likely N-dealkylation sites (tertiary alicyclic amines) is 1. The molecule has 2 atom stereocenters.